The molecule has 8 nitrogen and oxygen atoms in total. The summed E-state index contributed by atoms with van der Waals surface area (Å²) in [7, 11) is 6.65. The van der Waals surface area contributed by atoms with Gasteiger partial charge in [-0.05, 0) is 31.2 Å². The molecule has 0 amide bonds. The Morgan fingerprint density at radius 3 is 2.39 bits per heavy atom. The summed E-state index contributed by atoms with van der Waals surface area (Å²) in [5.74, 6) is -0.396. The van der Waals surface area contributed by atoms with Crippen LogP contribution in [-0.2, 0) is 18.9 Å². The second-order valence-electron chi connectivity index (χ2n) is 11.5. The molecular formula is C25H39NO7. The third-order valence-corrected chi connectivity index (χ3v) is 11.0. The summed E-state index contributed by atoms with van der Waals surface area (Å²) in [5, 5.41) is 37.6. The molecule has 13 atom stereocenters. The summed E-state index contributed by atoms with van der Waals surface area (Å²) in [4.78, 5) is 2.27. The van der Waals surface area contributed by atoms with Crippen LogP contribution in [0, 0.1) is 34.5 Å². The van der Waals surface area contributed by atoms with E-state index in [2.05, 4.69) is 17.9 Å². The molecule has 6 aliphatic rings. The number of aliphatic hydroxyl groups is 3. The molecule has 1 spiro atoms. The fraction of sp³-hybridized carbons (Fsp3) is 0.920. The second-order valence-corrected chi connectivity index (χ2v) is 11.5. The van der Waals surface area contributed by atoms with E-state index >= 15 is 0 Å². The fourth-order valence-corrected chi connectivity index (χ4v) is 10.5. The molecule has 33 heavy (non-hydrogen) atoms. The molecule has 5 fully saturated rings. The first kappa shape index (κ1) is 22.9. The van der Waals surface area contributed by atoms with Crippen LogP contribution in [0.3, 0.4) is 0 Å². The Morgan fingerprint density at radius 2 is 1.79 bits per heavy atom. The molecule has 7 bridgehead atoms. The van der Waals surface area contributed by atoms with Crippen LogP contribution >= 0.6 is 0 Å². The number of methoxy groups -OCH3 is 4. The number of hydrogen-bond donors (Lipinski definition) is 3. The molecule has 6 rings (SSSR count). The molecule has 5 aliphatic carbocycles. The van der Waals surface area contributed by atoms with Crippen LogP contribution in [0.2, 0.25) is 0 Å². The van der Waals surface area contributed by atoms with Gasteiger partial charge in [0.1, 0.15) is 11.2 Å². The predicted octanol–water partition coefficient (Wildman–Crippen LogP) is 0.0470. The SMILES string of the molecule is CCN1C[C@]2(COC)C=C[C@H](O)[C@]34C1[C@](O)([C@@H](OC)[C@H]23)[C@]1(O)[C@H]2[C@@H](OC)[C@H](C[C@H]24)C[C@H]1OC. The first-order valence-electron chi connectivity index (χ1n) is 12.4. The fourth-order valence-electron chi connectivity index (χ4n) is 10.5. The standard InChI is InChI=1S/C25H39NO7/c1-6-26-11-22(12-30-2)8-7-15(27)23-14-9-13-10-16(31-3)24(28,17(14)18(13)32-4)25(29,21(23)26)20(33-5)19(22)23/h7-8,13-21,27-29H,6,9-12H2,1-5H3/t13-,14-,15+,16-,17-,18+,19-,20+,21?,22+,23+,24-,25-/m1/s1. The molecule has 4 saturated carbocycles. The van der Waals surface area contributed by atoms with Crippen molar-refractivity contribution in [1.82, 2.24) is 4.90 Å². The largest absolute Gasteiger partial charge is 0.388 e. The van der Waals surface area contributed by atoms with Crippen LogP contribution in [0.5, 0.6) is 0 Å². The average molecular weight is 466 g/mol. The summed E-state index contributed by atoms with van der Waals surface area (Å²) in [6.07, 6.45) is 3.29. The highest BCUT2D eigenvalue weighted by molar-refractivity contribution is 5.44. The summed E-state index contributed by atoms with van der Waals surface area (Å²) in [5.41, 5.74) is -4.32. The Labute approximate surface area is 195 Å². The minimum atomic E-state index is -1.64. The highest BCUT2D eigenvalue weighted by Gasteiger charge is 2.91. The molecule has 0 radical (unpaired) electrons. The minimum absolute atomic E-state index is 0.0430. The molecule has 3 N–H and O–H groups in total. The molecule has 0 aromatic carbocycles. The maximum absolute atomic E-state index is 13.0. The Balaban J connectivity index is 1.70. The number of likely N-dealkylation sites (tertiary alicyclic amines) is 1. The van der Waals surface area contributed by atoms with Crippen molar-refractivity contribution < 1.29 is 34.3 Å². The zero-order chi connectivity index (χ0) is 23.6. The van der Waals surface area contributed by atoms with Gasteiger partial charge in [-0.1, -0.05) is 19.1 Å². The number of rotatable bonds is 6. The number of likely N-dealkylation sites (N-methyl/N-ethyl adjacent to an activating group) is 1. The molecule has 1 saturated heterocycles. The van der Waals surface area contributed by atoms with Crippen LogP contribution in [0.1, 0.15) is 19.8 Å². The van der Waals surface area contributed by atoms with Crippen molar-refractivity contribution in [2.45, 2.75) is 61.4 Å². The highest BCUT2D eigenvalue weighted by Crippen LogP contribution is 2.79. The monoisotopic (exact) mass is 465 g/mol. The molecule has 1 unspecified atom stereocenters. The molecule has 0 aromatic heterocycles. The normalized spacial score (nSPS) is 60.4. The predicted molar refractivity (Wildman–Crippen MR) is 118 cm³/mol. The lowest BCUT2D eigenvalue weighted by molar-refractivity contribution is -0.330. The van der Waals surface area contributed by atoms with E-state index in [4.69, 9.17) is 18.9 Å². The van der Waals surface area contributed by atoms with Gasteiger partial charge in [-0.15, -0.1) is 0 Å². The van der Waals surface area contributed by atoms with E-state index in [-0.39, 0.29) is 29.8 Å². The van der Waals surface area contributed by atoms with E-state index in [1.165, 1.54) is 0 Å². The highest BCUT2D eigenvalue weighted by atomic mass is 16.5. The van der Waals surface area contributed by atoms with E-state index in [9.17, 15) is 15.3 Å². The van der Waals surface area contributed by atoms with Crippen LogP contribution in [0.15, 0.2) is 12.2 Å². The second kappa shape index (κ2) is 7.01. The Kier molecular flexibility index (Phi) is 4.85. The number of ether oxygens (including phenoxy) is 4. The summed E-state index contributed by atoms with van der Waals surface area (Å²) < 4.78 is 23.9. The lowest BCUT2D eigenvalue weighted by Crippen LogP contribution is -2.83. The number of hydrogen-bond acceptors (Lipinski definition) is 8. The van der Waals surface area contributed by atoms with E-state index in [1.807, 2.05) is 6.08 Å². The lowest BCUT2D eigenvalue weighted by Gasteiger charge is -2.69. The number of aliphatic hydroxyl groups excluding tert-OH is 1. The van der Waals surface area contributed by atoms with E-state index in [0.29, 0.717) is 26.1 Å². The van der Waals surface area contributed by atoms with Gasteiger partial charge in [-0.2, -0.15) is 0 Å². The van der Waals surface area contributed by atoms with Crippen molar-refractivity contribution in [3.05, 3.63) is 12.2 Å². The van der Waals surface area contributed by atoms with Crippen molar-refractivity contribution in [1.29, 1.82) is 0 Å². The van der Waals surface area contributed by atoms with Crippen LogP contribution in [0.4, 0.5) is 0 Å². The topological polar surface area (TPSA) is 101 Å². The smallest absolute Gasteiger partial charge is 0.139 e. The Bertz CT molecular complexity index is 855. The molecule has 1 heterocycles. The van der Waals surface area contributed by atoms with E-state index in [1.54, 1.807) is 28.4 Å². The molecule has 8 heteroatoms. The quantitative estimate of drug-likeness (QED) is 0.473. The zero-order valence-electron chi connectivity index (χ0n) is 20.3. The lowest BCUT2D eigenvalue weighted by atomic mass is 9.44. The van der Waals surface area contributed by atoms with Crippen molar-refractivity contribution in [3.8, 4) is 0 Å². The van der Waals surface area contributed by atoms with Gasteiger partial charge >= 0.3 is 0 Å². The van der Waals surface area contributed by atoms with Gasteiger partial charge < -0.3 is 34.3 Å². The van der Waals surface area contributed by atoms with Crippen molar-refractivity contribution in [3.63, 3.8) is 0 Å². The molecular weight excluding hydrogens is 426 g/mol. The minimum Gasteiger partial charge on any atom is -0.388 e. The van der Waals surface area contributed by atoms with Gasteiger partial charge in [0.05, 0.1) is 37.1 Å². The van der Waals surface area contributed by atoms with Crippen molar-refractivity contribution in [2.75, 3.05) is 48.1 Å². The van der Waals surface area contributed by atoms with Gasteiger partial charge in [0.15, 0.2) is 0 Å². The number of nitrogens with zero attached hydrogens (tertiary/aromatic N) is 1. The molecule has 1 aliphatic heterocycles. The van der Waals surface area contributed by atoms with Gasteiger partial charge in [0.2, 0.25) is 0 Å². The van der Waals surface area contributed by atoms with Crippen LogP contribution in [0.25, 0.3) is 0 Å². The van der Waals surface area contributed by atoms with Crippen molar-refractivity contribution >= 4 is 0 Å². The molecule has 0 aromatic rings. The van der Waals surface area contributed by atoms with Gasteiger partial charge in [-0.25, -0.2) is 0 Å². The Morgan fingerprint density at radius 1 is 1.03 bits per heavy atom. The third kappa shape index (κ3) is 2.11. The summed E-state index contributed by atoms with van der Waals surface area (Å²) >= 11 is 0. The summed E-state index contributed by atoms with van der Waals surface area (Å²) in [6.45, 7) is 3.92. The van der Waals surface area contributed by atoms with Gasteiger partial charge in [0.25, 0.3) is 0 Å². The maximum Gasteiger partial charge on any atom is 0.139 e. The average Bonchev–Trinajstić information content (AvgIpc) is 3.21. The third-order valence-electron chi connectivity index (χ3n) is 11.0. The number of piperidine rings is 1. The Hall–Kier alpha value is -0.580. The van der Waals surface area contributed by atoms with Gasteiger partial charge in [-0.3, -0.25) is 4.90 Å². The molecule has 186 valence electrons. The van der Waals surface area contributed by atoms with Crippen LogP contribution in [-0.4, -0.2) is 110 Å². The first-order valence-corrected chi connectivity index (χ1v) is 12.4. The van der Waals surface area contributed by atoms with E-state index < -0.39 is 46.4 Å². The zero-order valence-corrected chi connectivity index (χ0v) is 20.3. The first-order chi connectivity index (χ1) is 15.8. The van der Waals surface area contributed by atoms with E-state index in [0.717, 1.165) is 6.42 Å². The number of fused-ring (bicyclic) bond motifs is 2. The van der Waals surface area contributed by atoms with Crippen molar-refractivity contribution in [2.24, 2.45) is 34.5 Å². The maximum atomic E-state index is 13.0. The summed E-state index contributed by atoms with van der Waals surface area (Å²) in [6, 6.07) is -0.465. The van der Waals surface area contributed by atoms with Crippen LogP contribution < -0.4 is 0 Å². The van der Waals surface area contributed by atoms with Gasteiger partial charge in [0, 0.05) is 57.6 Å².